The minimum Gasteiger partial charge on any atom is -0.744 e. The van der Waals surface area contributed by atoms with E-state index in [1.165, 1.54) is 18.2 Å². The summed E-state index contributed by atoms with van der Waals surface area (Å²) in [6.45, 7) is 21.9. The topological polar surface area (TPSA) is 317 Å². The SMILES string of the molecule is CCl.COC(=O)CCl.Cc1cc(C)[n+](N)c(N)n1.Cc1cc(C)c(S(=O)(=O)ON)c(C)c1.Cc1cc(C)c(S(=O)(=O)[O-])c(C)c1.Cc1cc(C)n2nc(CCl)nc2n1.Cc1cc(C)nc(N)n1. The van der Waals surface area contributed by atoms with E-state index in [4.69, 9.17) is 46.4 Å². The predicted molar refractivity (Wildman–Crippen MR) is 260 cm³/mol. The molecule has 0 amide bonds. The number of nitrogen functional groups attached to an aromatic ring is 3. The van der Waals surface area contributed by atoms with Crippen LogP contribution in [0.25, 0.3) is 5.78 Å². The van der Waals surface area contributed by atoms with E-state index in [1.807, 2.05) is 73.6 Å². The van der Waals surface area contributed by atoms with Crippen LogP contribution in [0.5, 0.6) is 0 Å². The molecule has 0 bridgehead atoms. The second-order valence-electron chi connectivity index (χ2n) is 14.4. The second kappa shape index (κ2) is 28.8. The third kappa shape index (κ3) is 21.0. The van der Waals surface area contributed by atoms with Crippen molar-refractivity contribution < 1.29 is 39.9 Å². The highest BCUT2D eigenvalue weighted by atomic mass is 35.5. The molecule has 0 aliphatic rings. The van der Waals surface area contributed by atoms with Crippen molar-refractivity contribution in [2.75, 3.05) is 36.7 Å². The van der Waals surface area contributed by atoms with Gasteiger partial charge in [-0.2, -0.15) is 23.6 Å². The minimum atomic E-state index is -4.33. The number of hydrogen-bond donors (Lipinski definition) is 4. The molecule has 2 aromatic carbocycles. The highest BCUT2D eigenvalue weighted by Crippen LogP contribution is 2.23. The molecule has 0 fully saturated rings. The van der Waals surface area contributed by atoms with Gasteiger partial charge >= 0.3 is 22.0 Å². The zero-order chi connectivity index (χ0) is 52.1. The average Bonchev–Trinajstić information content (AvgIpc) is 3.63. The molecule has 6 aromatic rings. The Morgan fingerprint density at radius 3 is 1.48 bits per heavy atom. The molecule has 20 nitrogen and oxygen atoms in total. The number of alkyl halides is 3. The Kier molecular flexibility index (Phi) is 26.5. The Morgan fingerprint density at radius 1 is 0.687 bits per heavy atom. The van der Waals surface area contributed by atoms with Crippen molar-refractivity contribution in [3.8, 4) is 0 Å². The summed E-state index contributed by atoms with van der Waals surface area (Å²) in [5.74, 6) is 12.0. The molecule has 4 heterocycles. The van der Waals surface area contributed by atoms with Gasteiger partial charge in [0.15, 0.2) is 5.82 Å². The van der Waals surface area contributed by atoms with Crippen LogP contribution < -0.4 is 27.9 Å². The fraction of sp³-hybridized carbons (Fsp3) is 0.381. The summed E-state index contributed by atoms with van der Waals surface area (Å²) in [5, 5.41) is 4.18. The van der Waals surface area contributed by atoms with Crippen LogP contribution in [0.4, 0.5) is 11.9 Å². The average molecular weight is 1030 g/mol. The van der Waals surface area contributed by atoms with Crippen LogP contribution in [0.15, 0.2) is 52.3 Å². The van der Waals surface area contributed by atoms with Crippen molar-refractivity contribution in [3.63, 3.8) is 0 Å². The van der Waals surface area contributed by atoms with Gasteiger partial charge in [0, 0.05) is 35.2 Å². The quantitative estimate of drug-likeness (QED) is 0.0419. The Morgan fingerprint density at radius 2 is 1.12 bits per heavy atom. The van der Waals surface area contributed by atoms with Crippen LogP contribution >= 0.6 is 34.8 Å². The van der Waals surface area contributed by atoms with Gasteiger partial charge in [-0.3, -0.25) is 16.4 Å². The molecule has 4 aromatic heterocycles. The number of halogens is 3. The number of ether oxygens (including phenoxy) is 1. The maximum atomic E-state index is 11.4. The van der Waals surface area contributed by atoms with Crippen LogP contribution in [0.2, 0.25) is 0 Å². The van der Waals surface area contributed by atoms with Crippen LogP contribution in [-0.2, 0) is 39.9 Å². The molecule has 0 radical (unpaired) electrons. The normalized spacial score (nSPS) is 10.4. The Bertz CT molecular complexity index is 2690. The van der Waals surface area contributed by atoms with E-state index in [0.717, 1.165) is 45.3 Å². The number of nitrogens with two attached hydrogens (primary N) is 4. The number of methoxy groups -OCH3 is 1. The number of aromatic nitrogens is 8. The first kappa shape index (κ1) is 61.7. The van der Waals surface area contributed by atoms with Crippen LogP contribution in [0, 0.1) is 83.1 Å². The van der Waals surface area contributed by atoms with E-state index in [1.54, 1.807) is 56.5 Å². The largest absolute Gasteiger partial charge is 0.744 e. The number of nitrogens with zero attached hydrogens (tertiary/aromatic N) is 8. The Hall–Kier alpha value is -5.33. The van der Waals surface area contributed by atoms with Crippen molar-refractivity contribution in [3.05, 3.63) is 116 Å². The van der Waals surface area contributed by atoms with E-state index < -0.39 is 26.2 Å². The van der Waals surface area contributed by atoms with Gasteiger partial charge in [0.25, 0.3) is 5.78 Å². The van der Waals surface area contributed by atoms with Crippen molar-refractivity contribution in [1.82, 2.24) is 34.5 Å². The number of carbonyl (C=O) groups excluding carboxylic acids is 1. The van der Waals surface area contributed by atoms with E-state index in [9.17, 15) is 26.2 Å². The molecule has 6 rings (SSSR count). The van der Waals surface area contributed by atoms with Crippen molar-refractivity contribution >= 4 is 78.7 Å². The zero-order valence-corrected chi connectivity index (χ0v) is 44.0. The van der Waals surface area contributed by atoms with Crippen molar-refractivity contribution in [2.24, 2.45) is 5.90 Å². The van der Waals surface area contributed by atoms with Gasteiger partial charge in [-0.05, 0) is 117 Å². The molecular weight excluding hydrogens is 971 g/mol. The van der Waals surface area contributed by atoms with Gasteiger partial charge in [-0.25, -0.2) is 27.9 Å². The monoisotopic (exact) mass is 1030 g/mol. The summed E-state index contributed by atoms with van der Waals surface area (Å²) in [4.78, 5) is 30.0. The van der Waals surface area contributed by atoms with Gasteiger partial charge in [0.05, 0.1) is 17.9 Å². The summed E-state index contributed by atoms with van der Waals surface area (Å²) >= 11 is 15.2. The smallest absolute Gasteiger partial charge is 0.411 e. The van der Waals surface area contributed by atoms with Crippen LogP contribution in [-0.4, -0.2) is 81.3 Å². The molecular formula is C42H61Cl3N12O8S2. The molecule has 67 heavy (non-hydrogen) atoms. The first-order valence-electron chi connectivity index (χ1n) is 19.5. The summed E-state index contributed by atoms with van der Waals surface area (Å²) in [6.07, 6.45) is 1.47. The van der Waals surface area contributed by atoms with Crippen LogP contribution in [0.3, 0.4) is 0 Å². The lowest BCUT2D eigenvalue weighted by atomic mass is 10.1. The minimum absolute atomic E-state index is 0.0590. The summed E-state index contributed by atoms with van der Waals surface area (Å²) < 4.78 is 66.5. The Balaban J connectivity index is 0.000000787. The Labute approximate surface area is 408 Å². The second-order valence-corrected chi connectivity index (χ2v) is 17.7. The molecule has 0 aliphatic carbocycles. The number of rotatable bonds is 5. The van der Waals surface area contributed by atoms with Crippen LogP contribution in [0.1, 0.15) is 73.4 Å². The summed E-state index contributed by atoms with van der Waals surface area (Å²) in [6, 6.07) is 12.7. The van der Waals surface area contributed by atoms with Gasteiger partial charge in [0.1, 0.15) is 32.3 Å². The number of esters is 1. The van der Waals surface area contributed by atoms with Gasteiger partial charge < -0.3 is 15.0 Å². The summed E-state index contributed by atoms with van der Waals surface area (Å²) in [5.41, 5.74) is 20.7. The first-order valence-corrected chi connectivity index (χ1v) is 24.2. The third-order valence-corrected chi connectivity index (χ3v) is 11.3. The van der Waals surface area contributed by atoms with Gasteiger partial charge in [-0.1, -0.05) is 40.4 Å². The molecule has 0 spiro atoms. The molecule has 0 aliphatic heterocycles. The number of aryl methyl sites for hydroxylation is 12. The number of anilines is 2. The van der Waals surface area contributed by atoms with E-state index in [-0.39, 0.29) is 15.7 Å². The van der Waals surface area contributed by atoms with E-state index in [2.05, 4.69) is 50.6 Å². The molecule has 0 saturated carbocycles. The number of carbonyl (C=O) groups is 1. The van der Waals surface area contributed by atoms with Crippen molar-refractivity contribution in [1.29, 1.82) is 0 Å². The summed E-state index contributed by atoms with van der Waals surface area (Å²) in [7, 11) is -6.83. The molecule has 0 unspecified atom stereocenters. The number of benzene rings is 2. The molecule has 0 saturated heterocycles. The standard InChI is InChI=1S/C9H13NO3S.C9H12O3S.C8H9ClN4.C6H10N4.C6H9N3.C3H5ClO2.CH3Cl/c1-6-4-7(2)9(8(3)5-6)14(11,12)13-10;1-6-4-7(2)9(8(3)5-6)13(10,11)12;1-5-3-6(2)13-8(10-5)11-7(4-9)12-13;1-4-3-5(2)10(8)6(7)9-4;1-4-3-5(2)9-6(7)8-4;1-6-3(5)2-4;1-2/h4-5H,10H2,1-3H3;4-5H,1-3H3,(H,10,11,12);3H,4H2,1-2H3;3,7H,8H2,1-2H3;3H,1-2H3,(H2,7,8,9);2H2,1H3;1H3. The lowest BCUT2D eigenvalue weighted by Gasteiger charge is -2.14. The van der Waals surface area contributed by atoms with Gasteiger partial charge in [-0.15, -0.1) is 44.6 Å². The highest BCUT2D eigenvalue weighted by Gasteiger charge is 2.19. The zero-order valence-electron chi connectivity index (χ0n) is 40.1. The fourth-order valence-corrected chi connectivity index (χ4v) is 8.19. The number of fused-ring (bicyclic) bond motifs is 1. The molecule has 8 N–H and O–H groups in total. The first-order chi connectivity index (χ1) is 31.0. The predicted octanol–water partition coefficient (Wildman–Crippen LogP) is 5.40. The van der Waals surface area contributed by atoms with E-state index >= 15 is 0 Å². The lowest BCUT2D eigenvalue weighted by molar-refractivity contribution is -0.633. The maximum Gasteiger partial charge on any atom is 0.411 e. The van der Waals surface area contributed by atoms with Crippen molar-refractivity contribution in [2.45, 2.75) is 98.8 Å². The maximum absolute atomic E-state index is 11.4. The van der Waals surface area contributed by atoms with Gasteiger partial charge in [0.2, 0.25) is 5.95 Å². The van der Waals surface area contributed by atoms with E-state index in [0.29, 0.717) is 51.6 Å². The molecule has 370 valence electrons. The lowest BCUT2D eigenvalue weighted by Crippen LogP contribution is -2.50. The molecule has 25 heteroatoms. The molecule has 0 atom stereocenters. The third-order valence-electron chi connectivity index (χ3n) is 8.29. The number of hydrogen-bond acceptors (Lipinski definition) is 18. The fourth-order valence-electron chi connectivity index (χ4n) is 6.06. The highest BCUT2D eigenvalue weighted by molar-refractivity contribution is 7.86.